The van der Waals surface area contributed by atoms with E-state index in [0.717, 1.165) is 6.21 Å². The summed E-state index contributed by atoms with van der Waals surface area (Å²) in [6.07, 6.45) is 1.00. The number of carbonyl (C=O) groups excluding carboxylic acids is 1. The first kappa shape index (κ1) is 12.2. The van der Waals surface area contributed by atoms with E-state index in [1.54, 1.807) is 0 Å². The van der Waals surface area contributed by atoms with Crippen LogP contribution in [-0.2, 0) is 9.32 Å². The lowest BCUT2D eigenvalue weighted by molar-refractivity contribution is -0.111. The van der Waals surface area contributed by atoms with Gasteiger partial charge in [0, 0.05) is 0 Å². The average Bonchev–Trinajstić information content (AvgIpc) is 1.82. The molecule has 0 aromatic rings. The lowest BCUT2D eigenvalue weighted by Gasteiger charge is -2.32. The number of amides is 1. The van der Waals surface area contributed by atoms with Crippen LogP contribution < -0.4 is 5.73 Å². The third-order valence-corrected chi connectivity index (χ3v) is 6.44. The van der Waals surface area contributed by atoms with E-state index in [-0.39, 0.29) is 5.04 Å². The summed E-state index contributed by atoms with van der Waals surface area (Å²) in [5, 5.41) is 3.66. The van der Waals surface area contributed by atoms with E-state index < -0.39 is 14.2 Å². The quantitative estimate of drug-likeness (QED) is 0.428. The SMILES string of the molecule is CC(C)(C)[Si](C)(C)ON=CC(N)=O. The van der Waals surface area contributed by atoms with Crippen LogP contribution in [0.1, 0.15) is 20.8 Å². The molecular weight excluding hydrogens is 184 g/mol. The summed E-state index contributed by atoms with van der Waals surface area (Å²) in [4.78, 5) is 10.3. The van der Waals surface area contributed by atoms with Crippen molar-refractivity contribution >= 4 is 20.4 Å². The van der Waals surface area contributed by atoms with Crippen molar-refractivity contribution < 1.29 is 9.32 Å². The molecule has 0 fully saturated rings. The molecule has 2 N–H and O–H groups in total. The normalized spacial score (nSPS) is 13.3. The zero-order valence-corrected chi connectivity index (χ0v) is 9.92. The van der Waals surface area contributed by atoms with Crippen LogP contribution >= 0.6 is 0 Å². The van der Waals surface area contributed by atoms with Crippen molar-refractivity contribution in [3.8, 4) is 0 Å². The van der Waals surface area contributed by atoms with Gasteiger partial charge < -0.3 is 10.3 Å². The minimum Gasteiger partial charge on any atom is -0.455 e. The molecule has 1 amide bonds. The number of hydrogen-bond donors (Lipinski definition) is 1. The average molecular weight is 202 g/mol. The summed E-state index contributed by atoms with van der Waals surface area (Å²) < 4.78 is 5.31. The highest BCUT2D eigenvalue weighted by molar-refractivity contribution is 6.74. The molecule has 13 heavy (non-hydrogen) atoms. The maximum Gasteiger partial charge on any atom is 0.286 e. The molecule has 0 aromatic heterocycles. The Morgan fingerprint density at radius 2 is 1.92 bits per heavy atom. The van der Waals surface area contributed by atoms with E-state index in [0.29, 0.717) is 0 Å². The molecule has 0 aromatic carbocycles. The molecule has 0 spiro atoms. The molecule has 0 rings (SSSR count). The predicted octanol–water partition coefficient (Wildman–Crippen LogP) is 1.48. The molecule has 76 valence electrons. The Bertz CT molecular complexity index is 219. The number of rotatable bonds is 3. The smallest absolute Gasteiger partial charge is 0.286 e. The van der Waals surface area contributed by atoms with Crippen molar-refractivity contribution in [3.63, 3.8) is 0 Å². The van der Waals surface area contributed by atoms with E-state index in [4.69, 9.17) is 10.3 Å². The van der Waals surface area contributed by atoms with Gasteiger partial charge in [-0.15, -0.1) is 5.16 Å². The van der Waals surface area contributed by atoms with Crippen molar-refractivity contribution in [1.82, 2.24) is 0 Å². The zero-order chi connectivity index (χ0) is 10.7. The second kappa shape index (κ2) is 3.91. The first-order valence-corrected chi connectivity index (χ1v) is 7.08. The van der Waals surface area contributed by atoms with E-state index in [1.165, 1.54) is 0 Å². The molecule has 4 nitrogen and oxygen atoms in total. The lowest BCUT2D eigenvalue weighted by Crippen LogP contribution is -2.39. The van der Waals surface area contributed by atoms with Gasteiger partial charge in [-0.3, -0.25) is 4.79 Å². The van der Waals surface area contributed by atoms with Crippen molar-refractivity contribution in [2.45, 2.75) is 38.9 Å². The number of carbonyl (C=O) groups is 1. The number of hydrogen-bond acceptors (Lipinski definition) is 3. The van der Waals surface area contributed by atoms with E-state index in [2.05, 4.69) is 25.9 Å². The van der Waals surface area contributed by atoms with Gasteiger partial charge in [0.1, 0.15) is 6.21 Å². The summed E-state index contributed by atoms with van der Waals surface area (Å²) in [6, 6.07) is 0. The Morgan fingerprint density at radius 3 is 2.23 bits per heavy atom. The zero-order valence-electron chi connectivity index (χ0n) is 8.92. The topological polar surface area (TPSA) is 64.7 Å². The third kappa shape index (κ3) is 4.07. The van der Waals surface area contributed by atoms with Crippen molar-refractivity contribution in [1.29, 1.82) is 0 Å². The maximum absolute atomic E-state index is 10.3. The molecule has 5 heteroatoms. The van der Waals surface area contributed by atoms with Crippen molar-refractivity contribution in [2.75, 3.05) is 0 Å². The van der Waals surface area contributed by atoms with Crippen LogP contribution in [0.15, 0.2) is 5.16 Å². The molecule has 0 aliphatic carbocycles. The number of nitrogens with zero attached hydrogens (tertiary/aromatic N) is 1. The molecule has 0 bridgehead atoms. The Kier molecular flexibility index (Phi) is 3.66. The molecule has 0 aliphatic rings. The number of primary amides is 1. The molecule has 0 radical (unpaired) electrons. The highest BCUT2D eigenvalue weighted by Gasteiger charge is 2.39. The summed E-state index contributed by atoms with van der Waals surface area (Å²) in [5.74, 6) is -0.585. The van der Waals surface area contributed by atoms with Gasteiger partial charge in [-0.05, 0) is 18.1 Å². The van der Waals surface area contributed by atoms with E-state index in [1.807, 2.05) is 13.1 Å². The molecule has 0 aliphatic heterocycles. The van der Waals surface area contributed by atoms with Gasteiger partial charge in [0.15, 0.2) is 0 Å². The van der Waals surface area contributed by atoms with Crippen LogP contribution in [0.25, 0.3) is 0 Å². The Morgan fingerprint density at radius 1 is 1.46 bits per heavy atom. The summed E-state index contributed by atoms with van der Waals surface area (Å²) >= 11 is 0. The van der Waals surface area contributed by atoms with Gasteiger partial charge in [0.05, 0.1) is 0 Å². The van der Waals surface area contributed by atoms with E-state index >= 15 is 0 Å². The van der Waals surface area contributed by atoms with Crippen LogP contribution in [0.2, 0.25) is 18.1 Å². The second-order valence-corrected chi connectivity index (χ2v) is 9.19. The monoisotopic (exact) mass is 202 g/mol. The van der Waals surface area contributed by atoms with Crippen LogP contribution in [0.5, 0.6) is 0 Å². The summed E-state index contributed by atoms with van der Waals surface area (Å²) in [7, 11) is -1.88. The van der Waals surface area contributed by atoms with Gasteiger partial charge in [0.2, 0.25) is 0 Å². The fraction of sp³-hybridized carbons (Fsp3) is 0.750. The molecule has 0 heterocycles. The van der Waals surface area contributed by atoms with Gasteiger partial charge in [-0.1, -0.05) is 20.8 Å². The minimum atomic E-state index is -1.88. The van der Waals surface area contributed by atoms with Crippen molar-refractivity contribution in [2.24, 2.45) is 10.9 Å². The second-order valence-electron chi connectivity index (χ2n) is 4.49. The minimum absolute atomic E-state index is 0.0853. The highest BCUT2D eigenvalue weighted by Crippen LogP contribution is 2.36. The van der Waals surface area contributed by atoms with Crippen LogP contribution in [0.4, 0.5) is 0 Å². The largest absolute Gasteiger partial charge is 0.455 e. The first-order valence-electron chi connectivity index (χ1n) is 4.18. The van der Waals surface area contributed by atoms with Gasteiger partial charge in [-0.2, -0.15) is 0 Å². The fourth-order valence-corrected chi connectivity index (χ4v) is 0.937. The third-order valence-electron chi connectivity index (χ3n) is 2.27. The number of nitrogens with two attached hydrogens (primary N) is 1. The molecule has 0 saturated carbocycles. The van der Waals surface area contributed by atoms with Gasteiger partial charge in [-0.25, -0.2) is 0 Å². The first-order chi connectivity index (χ1) is 5.67. The van der Waals surface area contributed by atoms with Gasteiger partial charge >= 0.3 is 0 Å². The molecule has 0 atom stereocenters. The maximum atomic E-state index is 10.3. The molecule has 0 saturated heterocycles. The van der Waals surface area contributed by atoms with Crippen molar-refractivity contribution in [3.05, 3.63) is 0 Å². The van der Waals surface area contributed by atoms with Crippen LogP contribution in [0, 0.1) is 0 Å². The predicted molar refractivity (Wildman–Crippen MR) is 56.0 cm³/mol. The van der Waals surface area contributed by atoms with Crippen LogP contribution in [-0.4, -0.2) is 20.4 Å². The lowest BCUT2D eigenvalue weighted by atomic mass is 10.2. The highest BCUT2D eigenvalue weighted by atomic mass is 28.4. The summed E-state index contributed by atoms with van der Waals surface area (Å²) in [5.41, 5.74) is 4.88. The summed E-state index contributed by atoms with van der Waals surface area (Å²) in [6.45, 7) is 10.4. The molecule has 0 unspecified atom stereocenters. The van der Waals surface area contributed by atoms with E-state index in [9.17, 15) is 4.79 Å². The van der Waals surface area contributed by atoms with Gasteiger partial charge in [0.25, 0.3) is 14.2 Å². The molecular formula is C8H18N2O2Si. The number of oxime groups is 1. The Balaban J connectivity index is 4.27. The Labute approximate surface area is 80.3 Å². The van der Waals surface area contributed by atoms with Crippen LogP contribution in [0.3, 0.4) is 0 Å². The fourth-order valence-electron chi connectivity index (χ4n) is 0.347. The Hall–Kier alpha value is -0.843. The standard InChI is InChI=1S/C8H18N2O2Si/c1-8(2,3)13(4,5)12-10-6-7(9)11/h6H,1-5H3,(H2,9,11).